The average molecular weight is 362 g/mol. The number of non-ortho nitro benzene ring substituents is 1. The van der Waals surface area contributed by atoms with Crippen molar-refractivity contribution >= 4 is 33.3 Å². The number of Topliss-reactive ketones (excluding diaryl/α,β-unsaturated/α-hetero) is 1. The summed E-state index contributed by atoms with van der Waals surface area (Å²) in [7, 11) is 0. The Labute approximate surface area is 152 Å². The quantitative estimate of drug-likeness (QED) is 0.310. The Hall–Kier alpha value is -3.74. The van der Waals surface area contributed by atoms with Gasteiger partial charge in [0.15, 0.2) is 11.4 Å². The summed E-state index contributed by atoms with van der Waals surface area (Å²) in [5.41, 5.74) is 1.83. The second-order valence-electron chi connectivity index (χ2n) is 6.24. The number of nitro benzene ring substituents is 1. The summed E-state index contributed by atoms with van der Waals surface area (Å²) in [4.78, 5) is 35.1. The number of hydrogen-bond acceptors (Lipinski definition) is 5. The van der Waals surface area contributed by atoms with Crippen LogP contribution in [0.25, 0.3) is 27.6 Å². The molecular weight excluding hydrogens is 348 g/mol. The first-order valence-corrected chi connectivity index (χ1v) is 8.22. The first-order valence-electron chi connectivity index (χ1n) is 8.22. The molecule has 0 spiro atoms. The molecule has 2 aromatic carbocycles. The van der Waals surface area contributed by atoms with Crippen LogP contribution in [0.5, 0.6) is 0 Å². The van der Waals surface area contributed by atoms with Crippen molar-refractivity contribution in [3.63, 3.8) is 0 Å². The Morgan fingerprint density at radius 2 is 1.70 bits per heavy atom. The number of nitro groups is 1. The molecule has 0 saturated heterocycles. The van der Waals surface area contributed by atoms with Crippen molar-refractivity contribution in [3.8, 4) is 5.69 Å². The van der Waals surface area contributed by atoms with Crippen molar-refractivity contribution in [1.29, 1.82) is 0 Å². The highest BCUT2D eigenvalue weighted by Crippen LogP contribution is 2.33. The predicted octanol–water partition coefficient (Wildman–Crippen LogP) is 4.16. The smallest absolute Gasteiger partial charge is 0.344 e. The molecule has 0 atom stereocenters. The molecule has 27 heavy (non-hydrogen) atoms. The molecule has 0 N–H and O–H groups in total. The molecule has 134 valence electrons. The third-order valence-corrected chi connectivity index (χ3v) is 4.63. The first-order chi connectivity index (χ1) is 12.9. The highest BCUT2D eigenvalue weighted by atomic mass is 16.6. The van der Waals surface area contributed by atoms with Crippen LogP contribution in [0.3, 0.4) is 0 Å². The number of benzene rings is 2. The molecule has 2 heterocycles. The zero-order valence-electron chi connectivity index (χ0n) is 14.6. The van der Waals surface area contributed by atoms with E-state index in [-0.39, 0.29) is 17.1 Å². The van der Waals surface area contributed by atoms with Crippen molar-refractivity contribution in [3.05, 3.63) is 80.3 Å². The third-order valence-electron chi connectivity index (χ3n) is 4.63. The van der Waals surface area contributed by atoms with Gasteiger partial charge in [-0.05, 0) is 32.0 Å². The fourth-order valence-corrected chi connectivity index (χ4v) is 3.48. The number of carbonyl (C=O) groups excluding carboxylic acids is 1. The summed E-state index contributed by atoms with van der Waals surface area (Å²) in [6, 6.07) is 13.0. The zero-order valence-corrected chi connectivity index (χ0v) is 14.6. The number of aromatic nitrogens is 1. The fraction of sp³-hybridized carbons (Fsp3) is 0.100. The van der Waals surface area contributed by atoms with Gasteiger partial charge in [0.25, 0.3) is 5.69 Å². The van der Waals surface area contributed by atoms with E-state index in [9.17, 15) is 19.7 Å². The van der Waals surface area contributed by atoms with E-state index in [0.29, 0.717) is 33.2 Å². The first kappa shape index (κ1) is 16.7. The van der Waals surface area contributed by atoms with Crippen LogP contribution in [0.2, 0.25) is 0 Å². The van der Waals surface area contributed by atoms with E-state index in [1.165, 1.54) is 19.1 Å². The maximum atomic E-state index is 12.4. The lowest BCUT2D eigenvalue weighted by Crippen LogP contribution is -2.02. The minimum absolute atomic E-state index is 0.0314. The number of rotatable bonds is 3. The zero-order chi connectivity index (χ0) is 19.3. The molecule has 4 aromatic rings. The van der Waals surface area contributed by atoms with E-state index < -0.39 is 10.5 Å². The number of nitrogens with zero attached hydrogens (tertiary/aromatic N) is 2. The third kappa shape index (κ3) is 2.43. The van der Waals surface area contributed by atoms with Gasteiger partial charge in [0.1, 0.15) is 0 Å². The predicted molar refractivity (Wildman–Crippen MR) is 101 cm³/mol. The Morgan fingerprint density at radius 3 is 2.30 bits per heavy atom. The van der Waals surface area contributed by atoms with Gasteiger partial charge in [-0.25, -0.2) is 4.79 Å². The second kappa shape index (κ2) is 5.91. The van der Waals surface area contributed by atoms with Crippen LogP contribution in [0, 0.1) is 17.0 Å². The van der Waals surface area contributed by atoms with Crippen molar-refractivity contribution in [1.82, 2.24) is 4.57 Å². The molecule has 4 rings (SSSR count). The molecular formula is C20H14N2O5. The van der Waals surface area contributed by atoms with Crippen LogP contribution in [0.1, 0.15) is 23.0 Å². The highest BCUT2D eigenvalue weighted by molar-refractivity contribution is 6.13. The van der Waals surface area contributed by atoms with Gasteiger partial charge in [0.2, 0.25) is 0 Å². The van der Waals surface area contributed by atoms with Gasteiger partial charge in [-0.3, -0.25) is 14.9 Å². The van der Waals surface area contributed by atoms with Gasteiger partial charge in [-0.1, -0.05) is 18.2 Å². The van der Waals surface area contributed by atoms with Gasteiger partial charge < -0.3 is 8.98 Å². The lowest BCUT2D eigenvalue weighted by molar-refractivity contribution is -0.384. The Bertz CT molecular complexity index is 1300. The SMILES string of the molecule is CC(=O)c1c(C)n(-c2ccc([N+](=O)[O-])cc2)c2c1oc(=O)c1ccccc12. The average Bonchev–Trinajstić information content (AvgIpc) is 2.94. The van der Waals surface area contributed by atoms with E-state index in [0.717, 1.165) is 0 Å². The van der Waals surface area contributed by atoms with E-state index in [1.807, 2.05) is 0 Å². The lowest BCUT2D eigenvalue weighted by atomic mass is 10.1. The monoisotopic (exact) mass is 362 g/mol. The fourth-order valence-electron chi connectivity index (χ4n) is 3.48. The van der Waals surface area contributed by atoms with E-state index >= 15 is 0 Å². The van der Waals surface area contributed by atoms with Gasteiger partial charge in [-0.2, -0.15) is 0 Å². The number of carbonyl (C=O) groups is 1. The minimum Gasteiger partial charge on any atom is -0.420 e. The minimum atomic E-state index is -0.513. The van der Waals surface area contributed by atoms with Gasteiger partial charge in [0.05, 0.1) is 21.4 Å². The van der Waals surface area contributed by atoms with Crippen LogP contribution in [-0.2, 0) is 0 Å². The van der Waals surface area contributed by atoms with Crippen LogP contribution in [0.15, 0.2) is 57.7 Å². The molecule has 0 unspecified atom stereocenters. The normalized spacial score (nSPS) is 11.2. The lowest BCUT2D eigenvalue weighted by Gasteiger charge is -2.09. The molecule has 0 saturated carbocycles. The summed E-state index contributed by atoms with van der Waals surface area (Å²) in [6.45, 7) is 3.17. The highest BCUT2D eigenvalue weighted by Gasteiger charge is 2.24. The molecule has 7 heteroatoms. The van der Waals surface area contributed by atoms with Crippen LogP contribution >= 0.6 is 0 Å². The summed E-state index contributed by atoms with van der Waals surface area (Å²) >= 11 is 0. The number of fused-ring (bicyclic) bond motifs is 3. The molecule has 2 aromatic heterocycles. The summed E-state index contributed by atoms with van der Waals surface area (Å²) < 4.78 is 7.30. The van der Waals surface area contributed by atoms with Crippen LogP contribution in [0.4, 0.5) is 5.69 Å². The summed E-state index contributed by atoms with van der Waals surface area (Å²) in [5.74, 6) is -0.225. The Kier molecular flexibility index (Phi) is 3.66. The Balaban J connectivity index is 2.18. The van der Waals surface area contributed by atoms with Crippen molar-refractivity contribution in [2.75, 3.05) is 0 Å². The van der Waals surface area contributed by atoms with Gasteiger partial charge in [0, 0.05) is 28.9 Å². The molecule has 0 amide bonds. The maximum Gasteiger partial charge on any atom is 0.344 e. The van der Waals surface area contributed by atoms with E-state index in [4.69, 9.17) is 4.42 Å². The van der Waals surface area contributed by atoms with Crippen molar-refractivity contribution in [2.45, 2.75) is 13.8 Å². The topological polar surface area (TPSA) is 95.3 Å². The molecule has 0 bridgehead atoms. The molecule has 0 aliphatic rings. The van der Waals surface area contributed by atoms with E-state index in [2.05, 4.69) is 0 Å². The van der Waals surface area contributed by atoms with Crippen molar-refractivity contribution in [2.24, 2.45) is 0 Å². The standard InChI is InChI=1S/C20H14N2O5/c1-11-17(12(2)23)19-18(15-5-3-4-6-16(15)20(24)27-19)21(11)13-7-9-14(10-8-13)22(25)26/h3-10H,1-2H3. The van der Waals surface area contributed by atoms with Crippen molar-refractivity contribution < 1.29 is 14.1 Å². The second-order valence-corrected chi connectivity index (χ2v) is 6.24. The van der Waals surface area contributed by atoms with Crippen LogP contribution < -0.4 is 5.63 Å². The molecule has 0 aliphatic carbocycles. The van der Waals surface area contributed by atoms with Crippen LogP contribution in [-0.4, -0.2) is 15.3 Å². The largest absolute Gasteiger partial charge is 0.420 e. The van der Waals surface area contributed by atoms with E-state index in [1.54, 1.807) is 47.9 Å². The summed E-state index contributed by atoms with van der Waals surface area (Å²) in [6.07, 6.45) is 0. The maximum absolute atomic E-state index is 12.4. The number of ketones is 1. The molecule has 0 fully saturated rings. The molecule has 7 nitrogen and oxygen atoms in total. The molecule has 0 radical (unpaired) electrons. The molecule has 0 aliphatic heterocycles. The van der Waals surface area contributed by atoms with Gasteiger partial charge in [-0.15, -0.1) is 0 Å². The Morgan fingerprint density at radius 1 is 1.07 bits per heavy atom. The van der Waals surface area contributed by atoms with Gasteiger partial charge >= 0.3 is 5.63 Å². The number of hydrogen-bond donors (Lipinski definition) is 0. The summed E-state index contributed by atoms with van der Waals surface area (Å²) in [5, 5.41) is 12.0.